The number of Topliss-reactive ketones (excluding diaryl/α,β-unsaturated/α-hetero) is 1. The Morgan fingerprint density at radius 1 is 1.35 bits per heavy atom. The van der Waals surface area contributed by atoms with E-state index in [0.717, 1.165) is 6.08 Å². The Kier molecular flexibility index (Phi) is 3.85. The van der Waals surface area contributed by atoms with Crippen LogP contribution in [0, 0.1) is 5.82 Å². The Balaban J connectivity index is 1.82. The number of amides is 1. The highest BCUT2D eigenvalue weighted by Gasteiger charge is 2.46. The predicted octanol–water partition coefficient (Wildman–Crippen LogP) is 2.00. The average molecular weight is 319 g/mol. The number of ether oxygens (including phenoxy) is 1. The maximum atomic E-state index is 14.4. The van der Waals surface area contributed by atoms with Crippen LogP contribution in [0.2, 0.25) is 0 Å². The number of rotatable bonds is 3. The third kappa shape index (κ3) is 2.94. The van der Waals surface area contributed by atoms with Crippen molar-refractivity contribution in [2.75, 3.05) is 6.61 Å². The fraction of sp³-hybridized carbons (Fsp3) is 0.294. The lowest BCUT2D eigenvalue weighted by Gasteiger charge is -2.41. The van der Waals surface area contributed by atoms with E-state index in [1.165, 1.54) is 37.3 Å². The molecule has 0 bridgehead atoms. The molecule has 0 saturated carbocycles. The van der Waals surface area contributed by atoms with E-state index in [0.29, 0.717) is 5.56 Å². The monoisotopic (exact) mass is 319 g/mol. The number of fused-ring (bicyclic) bond motifs is 1. The van der Waals surface area contributed by atoms with E-state index in [-0.39, 0.29) is 36.1 Å². The molecule has 120 valence electrons. The Labute approximate surface area is 131 Å². The molecule has 1 N–H and O–H groups in total. The highest BCUT2D eigenvalue weighted by atomic mass is 19.1. The zero-order valence-electron chi connectivity index (χ0n) is 12.4. The fourth-order valence-electron chi connectivity index (χ4n) is 2.65. The largest absolute Gasteiger partial charge is 0.356 e. The van der Waals surface area contributed by atoms with Crippen LogP contribution in [0.15, 0.2) is 47.8 Å². The lowest BCUT2D eigenvalue weighted by Crippen LogP contribution is -2.59. The molecule has 1 heterocycles. The molecule has 1 saturated heterocycles. The molecule has 23 heavy (non-hydrogen) atoms. The number of nitrogens with one attached hydrogen (secondary N) is 1. The average Bonchev–Trinajstić information content (AvgIpc) is 2.51. The van der Waals surface area contributed by atoms with E-state index in [4.69, 9.17) is 4.74 Å². The first kappa shape index (κ1) is 15.6. The van der Waals surface area contributed by atoms with Gasteiger partial charge in [-0.15, -0.1) is 0 Å². The second-order valence-electron chi connectivity index (χ2n) is 5.78. The van der Waals surface area contributed by atoms with E-state index in [1.807, 2.05) is 0 Å². The first-order valence-electron chi connectivity index (χ1n) is 7.19. The van der Waals surface area contributed by atoms with Gasteiger partial charge < -0.3 is 10.1 Å². The zero-order valence-corrected chi connectivity index (χ0v) is 12.4. The molecule has 0 radical (unpaired) electrons. The van der Waals surface area contributed by atoms with E-state index in [1.54, 1.807) is 0 Å². The summed E-state index contributed by atoms with van der Waals surface area (Å²) in [6, 6.07) is 4.81. The minimum Gasteiger partial charge on any atom is -0.356 e. The number of allylic oxidation sites excluding steroid dienone is 2. The normalized spacial score (nSPS) is 26.7. The van der Waals surface area contributed by atoms with Crippen LogP contribution in [0.1, 0.15) is 12.5 Å². The van der Waals surface area contributed by atoms with Crippen LogP contribution in [-0.4, -0.2) is 29.9 Å². The minimum atomic E-state index is -1.28. The first-order chi connectivity index (χ1) is 10.9. The molecule has 1 aromatic carbocycles. The highest BCUT2D eigenvalue weighted by molar-refractivity contribution is 6.00. The van der Waals surface area contributed by atoms with Crippen molar-refractivity contribution in [3.63, 3.8) is 0 Å². The smallest absolute Gasteiger partial charge is 0.246 e. The van der Waals surface area contributed by atoms with Gasteiger partial charge in [-0.25, -0.2) is 8.78 Å². The summed E-state index contributed by atoms with van der Waals surface area (Å²) in [5.74, 6) is -1.66. The zero-order chi connectivity index (χ0) is 16.6. The molecule has 1 aliphatic heterocycles. The molecule has 2 atom stereocenters. The number of hydrogen-bond acceptors (Lipinski definition) is 3. The van der Waals surface area contributed by atoms with Gasteiger partial charge in [-0.3, -0.25) is 9.59 Å². The molecule has 2 aliphatic rings. The SMILES string of the molecule is CC12OCC(=O)NC1C=C(C(=O)Cc1ccc(F)cc1)C=C2F. The van der Waals surface area contributed by atoms with Gasteiger partial charge in [-0.05, 0) is 36.8 Å². The van der Waals surface area contributed by atoms with Crippen LogP contribution in [-0.2, 0) is 20.7 Å². The molecular formula is C17H15F2NO3. The van der Waals surface area contributed by atoms with Crippen LogP contribution in [0.3, 0.4) is 0 Å². The molecule has 0 spiro atoms. The molecule has 1 amide bonds. The lowest BCUT2D eigenvalue weighted by molar-refractivity contribution is -0.143. The van der Waals surface area contributed by atoms with E-state index in [2.05, 4.69) is 5.32 Å². The summed E-state index contributed by atoms with van der Waals surface area (Å²) in [4.78, 5) is 23.8. The number of benzene rings is 1. The summed E-state index contributed by atoms with van der Waals surface area (Å²) in [7, 11) is 0. The van der Waals surface area contributed by atoms with Gasteiger partial charge in [-0.2, -0.15) is 0 Å². The molecule has 4 nitrogen and oxygen atoms in total. The Bertz CT molecular complexity index is 724. The van der Waals surface area contributed by atoms with Crippen LogP contribution >= 0.6 is 0 Å². The quantitative estimate of drug-likeness (QED) is 0.927. The van der Waals surface area contributed by atoms with Crippen LogP contribution in [0.25, 0.3) is 0 Å². The third-order valence-corrected chi connectivity index (χ3v) is 4.12. The number of halogens is 2. The number of ketones is 1. The van der Waals surface area contributed by atoms with Crippen molar-refractivity contribution in [3.05, 3.63) is 59.2 Å². The maximum Gasteiger partial charge on any atom is 0.246 e. The minimum absolute atomic E-state index is 0.0220. The van der Waals surface area contributed by atoms with Crippen molar-refractivity contribution in [3.8, 4) is 0 Å². The summed E-state index contributed by atoms with van der Waals surface area (Å²) in [6.07, 6.45) is 2.67. The molecule has 2 unspecified atom stereocenters. The molecule has 0 aromatic heterocycles. The number of hydrogen-bond donors (Lipinski definition) is 1. The van der Waals surface area contributed by atoms with Gasteiger partial charge in [0.1, 0.15) is 23.9 Å². The van der Waals surface area contributed by atoms with Crippen LogP contribution < -0.4 is 5.32 Å². The van der Waals surface area contributed by atoms with Crippen molar-refractivity contribution in [2.45, 2.75) is 25.0 Å². The Morgan fingerprint density at radius 2 is 2.04 bits per heavy atom. The molecule has 1 fully saturated rings. The van der Waals surface area contributed by atoms with Crippen molar-refractivity contribution in [2.24, 2.45) is 0 Å². The van der Waals surface area contributed by atoms with Crippen LogP contribution in [0.5, 0.6) is 0 Å². The van der Waals surface area contributed by atoms with E-state index >= 15 is 0 Å². The number of carbonyl (C=O) groups is 2. The molecule has 6 heteroatoms. The Morgan fingerprint density at radius 3 is 2.74 bits per heavy atom. The predicted molar refractivity (Wildman–Crippen MR) is 78.7 cm³/mol. The van der Waals surface area contributed by atoms with Gasteiger partial charge in [0.25, 0.3) is 0 Å². The summed E-state index contributed by atoms with van der Waals surface area (Å²) in [6.45, 7) is 1.31. The molecular weight excluding hydrogens is 304 g/mol. The Hall–Kier alpha value is -2.34. The summed E-state index contributed by atoms with van der Waals surface area (Å²) in [5.41, 5.74) is -0.489. The molecule has 3 rings (SSSR count). The number of morpholine rings is 1. The summed E-state index contributed by atoms with van der Waals surface area (Å²) < 4.78 is 32.6. The molecule has 1 aromatic rings. The highest BCUT2D eigenvalue weighted by Crippen LogP contribution is 2.35. The van der Waals surface area contributed by atoms with E-state index in [9.17, 15) is 18.4 Å². The number of carbonyl (C=O) groups excluding carboxylic acids is 2. The van der Waals surface area contributed by atoms with Crippen LogP contribution in [0.4, 0.5) is 8.78 Å². The van der Waals surface area contributed by atoms with Crippen molar-refractivity contribution in [1.82, 2.24) is 5.32 Å². The topological polar surface area (TPSA) is 55.4 Å². The maximum absolute atomic E-state index is 14.4. The van der Waals surface area contributed by atoms with Gasteiger partial charge >= 0.3 is 0 Å². The van der Waals surface area contributed by atoms with Crippen molar-refractivity contribution >= 4 is 11.7 Å². The molecule has 1 aliphatic carbocycles. The van der Waals surface area contributed by atoms with Crippen molar-refractivity contribution < 1.29 is 23.1 Å². The van der Waals surface area contributed by atoms with Gasteiger partial charge in [0.2, 0.25) is 5.91 Å². The summed E-state index contributed by atoms with van der Waals surface area (Å²) in [5, 5.41) is 2.62. The van der Waals surface area contributed by atoms with Gasteiger partial charge in [0.05, 0.1) is 6.04 Å². The van der Waals surface area contributed by atoms with Crippen molar-refractivity contribution in [1.29, 1.82) is 0 Å². The first-order valence-corrected chi connectivity index (χ1v) is 7.19. The third-order valence-electron chi connectivity index (χ3n) is 4.12. The second kappa shape index (κ2) is 5.70. The van der Waals surface area contributed by atoms with E-state index < -0.39 is 17.5 Å². The second-order valence-corrected chi connectivity index (χ2v) is 5.78. The summed E-state index contributed by atoms with van der Waals surface area (Å²) >= 11 is 0. The fourth-order valence-corrected chi connectivity index (χ4v) is 2.65. The van der Waals surface area contributed by atoms with Gasteiger partial charge in [-0.1, -0.05) is 12.1 Å². The van der Waals surface area contributed by atoms with Gasteiger partial charge in [0, 0.05) is 12.0 Å². The van der Waals surface area contributed by atoms with Gasteiger partial charge in [0.15, 0.2) is 5.78 Å². The standard InChI is InChI=1S/C17H15F2NO3/c1-17-14(19)7-11(8-15(17)20-16(22)9-23-17)13(21)6-10-2-4-12(18)5-3-10/h2-5,7-8,15H,6,9H2,1H3,(H,20,22). The lowest BCUT2D eigenvalue weighted by atomic mass is 9.84.